The molecule has 1 aliphatic heterocycles. The minimum absolute atomic E-state index is 0.127. The molecule has 0 radical (unpaired) electrons. The first kappa shape index (κ1) is 21.3. The minimum atomic E-state index is -1.03. The summed E-state index contributed by atoms with van der Waals surface area (Å²) in [4.78, 5) is 27.3. The lowest BCUT2D eigenvalue weighted by Crippen LogP contribution is -2.32. The van der Waals surface area contributed by atoms with Gasteiger partial charge in [0.15, 0.2) is 0 Å². The minimum Gasteiger partial charge on any atom is -0.507 e. The van der Waals surface area contributed by atoms with E-state index >= 15 is 0 Å². The summed E-state index contributed by atoms with van der Waals surface area (Å²) in [6.07, 6.45) is 0.487. The third kappa shape index (κ3) is 3.99. The van der Waals surface area contributed by atoms with Gasteiger partial charge in [0.25, 0.3) is 11.7 Å². The molecule has 1 N–H and O–H groups in total. The quantitative estimate of drug-likeness (QED) is 0.355. The molecular weight excluding hydrogens is 409 g/mol. The Labute approximate surface area is 185 Å². The third-order valence-corrected chi connectivity index (χ3v) is 5.59. The number of hydrogen-bond donors (Lipinski definition) is 1. The zero-order valence-electron chi connectivity index (χ0n) is 17.5. The Morgan fingerprint density at radius 3 is 2.28 bits per heavy atom. The number of likely N-dealkylation sites (tertiary alicyclic amines) is 1. The molecular formula is C26H22FNO4. The maximum absolute atomic E-state index is 14.8. The lowest BCUT2D eigenvalue weighted by atomic mass is 9.94. The standard InChI is InChI=1S/C26H22FNO4/c1-32-19-13-11-18(12-14-19)24(29)22-23(20-9-5-6-10-21(20)27)28(26(31)25(22)30)16-15-17-7-3-2-4-8-17/h2-14,23,29H,15-16H2,1H3/t23-/m1/s1. The van der Waals surface area contributed by atoms with Crippen LogP contribution in [0.15, 0.2) is 84.4 Å². The molecule has 1 heterocycles. The average molecular weight is 431 g/mol. The van der Waals surface area contributed by atoms with E-state index < -0.39 is 23.5 Å². The number of benzene rings is 3. The van der Waals surface area contributed by atoms with Gasteiger partial charge in [0, 0.05) is 17.7 Å². The van der Waals surface area contributed by atoms with Crippen LogP contribution in [0.3, 0.4) is 0 Å². The van der Waals surface area contributed by atoms with Crippen LogP contribution >= 0.6 is 0 Å². The molecule has 3 aromatic rings. The van der Waals surface area contributed by atoms with E-state index in [1.54, 1.807) is 36.4 Å². The zero-order valence-corrected chi connectivity index (χ0v) is 17.5. The molecule has 6 heteroatoms. The summed E-state index contributed by atoms with van der Waals surface area (Å²) in [7, 11) is 1.52. The van der Waals surface area contributed by atoms with Crippen LogP contribution in [0.4, 0.5) is 4.39 Å². The summed E-state index contributed by atoms with van der Waals surface area (Å²) >= 11 is 0. The predicted molar refractivity (Wildman–Crippen MR) is 119 cm³/mol. The second-order valence-electron chi connectivity index (χ2n) is 7.48. The molecule has 0 spiro atoms. The smallest absolute Gasteiger partial charge is 0.295 e. The van der Waals surface area contributed by atoms with E-state index in [0.717, 1.165) is 5.56 Å². The van der Waals surface area contributed by atoms with Gasteiger partial charge in [-0.15, -0.1) is 0 Å². The number of Topliss-reactive ketones (excluding diaryl/α,β-unsaturated/α-hetero) is 1. The zero-order chi connectivity index (χ0) is 22.7. The molecule has 0 aromatic heterocycles. The molecule has 1 amide bonds. The molecule has 0 unspecified atom stereocenters. The number of aliphatic hydroxyl groups excluding tert-OH is 1. The molecule has 162 valence electrons. The fourth-order valence-electron chi connectivity index (χ4n) is 3.93. The van der Waals surface area contributed by atoms with E-state index in [-0.39, 0.29) is 23.4 Å². The summed E-state index contributed by atoms with van der Waals surface area (Å²) in [5, 5.41) is 11.0. The highest BCUT2D eigenvalue weighted by Gasteiger charge is 2.46. The number of halogens is 1. The van der Waals surface area contributed by atoms with Crippen LogP contribution in [0.2, 0.25) is 0 Å². The first-order chi connectivity index (χ1) is 15.5. The van der Waals surface area contributed by atoms with Gasteiger partial charge in [-0.25, -0.2) is 4.39 Å². The molecule has 5 nitrogen and oxygen atoms in total. The number of hydrogen-bond acceptors (Lipinski definition) is 4. The van der Waals surface area contributed by atoms with Crippen LogP contribution in [0.5, 0.6) is 5.75 Å². The molecule has 1 saturated heterocycles. The molecule has 0 bridgehead atoms. The van der Waals surface area contributed by atoms with E-state index in [1.165, 1.54) is 24.1 Å². The number of carbonyl (C=O) groups excluding carboxylic acids is 2. The van der Waals surface area contributed by atoms with Crippen molar-refractivity contribution in [3.8, 4) is 5.75 Å². The van der Waals surface area contributed by atoms with Gasteiger partial charge in [-0.3, -0.25) is 9.59 Å². The highest BCUT2D eigenvalue weighted by atomic mass is 19.1. The fraction of sp³-hybridized carbons (Fsp3) is 0.154. The number of ketones is 1. The van der Waals surface area contributed by atoms with Crippen molar-refractivity contribution in [2.75, 3.05) is 13.7 Å². The Morgan fingerprint density at radius 2 is 1.62 bits per heavy atom. The number of nitrogens with zero attached hydrogens (tertiary/aromatic N) is 1. The fourth-order valence-corrected chi connectivity index (χ4v) is 3.93. The van der Waals surface area contributed by atoms with Crippen molar-refractivity contribution in [3.63, 3.8) is 0 Å². The number of aliphatic hydroxyl groups is 1. The lowest BCUT2D eigenvalue weighted by molar-refractivity contribution is -0.139. The van der Waals surface area contributed by atoms with Gasteiger partial charge in [0.05, 0.1) is 18.7 Å². The van der Waals surface area contributed by atoms with Gasteiger partial charge in [0.2, 0.25) is 0 Å². The summed E-state index contributed by atoms with van der Waals surface area (Å²) in [5.41, 5.74) is 1.36. The van der Waals surface area contributed by atoms with Crippen LogP contribution in [0, 0.1) is 5.82 Å². The molecule has 1 atom stereocenters. The molecule has 32 heavy (non-hydrogen) atoms. The van der Waals surface area contributed by atoms with Gasteiger partial charge < -0.3 is 14.7 Å². The Kier molecular flexibility index (Phi) is 6.03. The first-order valence-electron chi connectivity index (χ1n) is 10.2. The normalized spacial score (nSPS) is 17.6. The first-order valence-corrected chi connectivity index (χ1v) is 10.2. The Balaban J connectivity index is 1.79. The van der Waals surface area contributed by atoms with Gasteiger partial charge in [-0.1, -0.05) is 48.5 Å². The van der Waals surface area contributed by atoms with Gasteiger partial charge in [-0.2, -0.15) is 0 Å². The average Bonchev–Trinajstić information content (AvgIpc) is 3.08. The largest absolute Gasteiger partial charge is 0.507 e. The highest BCUT2D eigenvalue weighted by Crippen LogP contribution is 2.40. The van der Waals surface area contributed by atoms with Crippen molar-refractivity contribution in [2.45, 2.75) is 12.5 Å². The van der Waals surface area contributed by atoms with Crippen LogP contribution < -0.4 is 4.74 Å². The molecule has 0 aliphatic carbocycles. The SMILES string of the molecule is COc1ccc(C(O)=C2C(=O)C(=O)N(CCc3ccccc3)[C@@H]2c2ccccc2F)cc1. The molecule has 4 rings (SSSR count). The van der Waals surface area contributed by atoms with E-state index in [2.05, 4.69) is 0 Å². The van der Waals surface area contributed by atoms with E-state index in [1.807, 2.05) is 30.3 Å². The van der Waals surface area contributed by atoms with Crippen molar-refractivity contribution in [1.29, 1.82) is 0 Å². The Hall–Kier alpha value is -3.93. The molecule has 3 aromatic carbocycles. The Bertz CT molecular complexity index is 1170. The number of carbonyl (C=O) groups is 2. The van der Waals surface area contributed by atoms with Crippen molar-refractivity contribution in [2.24, 2.45) is 0 Å². The van der Waals surface area contributed by atoms with Crippen LogP contribution in [-0.2, 0) is 16.0 Å². The Morgan fingerprint density at radius 1 is 0.969 bits per heavy atom. The van der Waals surface area contributed by atoms with Crippen molar-refractivity contribution >= 4 is 17.4 Å². The monoisotopic (exact) mass is 431 g/mol. The second-order valence-corrected chi connectivity index (χ2v) is 7.48. The number of amides is 1. The highest BCUT2D eigenvalue weighted by molar-refractivity contribution is 6.46. The topological polar surface area (TPSA) is 66.8 Å². The van der Waals surface area contributed by atoms with Gasteiger partial charge in [0.1, 0.15) is 17.3 Å². The number of methoxy groups -OCH3 is 1. The lowest BCUT2D eigenvalue weighted by Gasteiger charge is -2.25. The van der Waals surface area contributed by atoms with E-state index in [9.17, 15) is 19.1 Å². The summed E-state index contributed by atoms with van der Waals surface area (Å²) in [6.45, 7) is 0.201. The van der Waals surface area contributed by atoms with Crippen LogP contribution in [-0.4, -0.2) is 35.4 Å². The predicted octanol–water partition coefficient (Wildman–Crippen LogP) is 4.50. The van der Waals surface area contributed by atoms with Crippen LogP contribution in [0.25, 0.3) is 5.76 Å². The van der Waals surface area contributed by atoms with Crippen molar-refractivity contribution in [1.82, 2.24) is 4.90 Å². The summed E-state index contributed by atoms with van der Waals surface area (Å²) in [5.74, 6) is -1.91. The van der Waals surface area contributed by atoms with Crippen LogP contribution in [0.1, 0.15) is 22.7 Å². The molecule has 1 aliphatic rings. The van der Waals surface area contributed by atoms with Gasteiger partial charge in [-0.05, 0) is 42.3 Å². The van der Waals surface area contributed by atoms with E-state index in [4.69, 9.17) is 4.74 Å². The third-order valence-electron chi connectivity index (χ3n) is 5.59. The summed E-state index contributed by atoms with van der Waals surface area (Å²) < 4.78 is 19.9. The molecule has 1 fully saturated rings. The van der Waals surface area contributed by atoms with Crippen molar-refractivity contribution in [3.05, 3.63) is 107 Å². The van der Waals surface area contributed by atoms with E-state index in [0.29, 0.717) is 17.7 Å². The van der Waals surface area contributed by atoms with Crippen molar-refractivity contribution < 1.29 is 23.8 Å². The second kappa shape index (κ2) is 9.06. The number of ether oxygens (including phenoxy) is 1. The summed E-state index contributed by atoms with van der Waals surface area (Å²) in [6, 6.07) is 20.9. The molecule has 0 saturated carbocycles. The maximum Gasteiger partial charge on any atom is 0.295 e. The number of rotatable bonds is 6. The van der Waals surface area contributed by atoms with Gasteiger partial charge >= 0.3 is 0 Å². The maximum atomic E-state index is 14.8.